The van der Waals surface area contributed by atoms with Crippen LogP contribution >= 0.6 is 0 Å². The zero-order valence-electron chi connectivity index (χ0n) is 13.6. The van der Waals surface area contributed by atoms with Crippen LogP contribution in [-0.4, -0.2) is 39.7 Å². The predicted octanol–water partition coefficient (Wildman–Crippen LogP) is 1.89. The molecule has 0 saturated carbocycles. The molecule has 120 valence electrons. The van der Waals surface area contributed by atoms with Crippen molar-refractivity contribution in [2.24, 2.45) is 5.92 Å². The zero-order valence-corrected chi connectivity index (χ0v) is 13.6. The van der Waals surface area contributed by atoms with Gasteiger partial charge in [0, 0.05) is 31.3 Å². The second-order valence-corrected chi connectivity index (χ2v) is 6.23. The molecule has 0 aliphatic heterocycles. The van der Waals surface area contributed by atoms with Crippen molar-refractivity contribution in [3.05, 3.63) is 17.5 Å². The molecule has 1 aromatic heterocycles. The maximum atomic E-state index is 11.6. The summed E-state index contributed by atoms with van der Waals surface area (Å²) in [6.45, 7) is 10.6. The second kappa shape index (κ2) is 7.45. The number of hydrogen-bond acceptors (Lipinski definition) is 4. The molecule has 1 atom stereocenters. The monoisotopic (exact) mass is 297 g/mol. The van der Waals surface area contributed by atoms with Crippen molar-refractivity contribution in [1.29, 1.82) is 0 Å². The van der Waals surface area contributed by atoms with Gasteiger partial charge in [-0.15, -0.1) is 0 Å². The summed E-state index contributed by atoms with van der Waals surface area (Å²) in [4.78, 5) is 11.6. The van der Waals surface area contributed by atoms with E-state index in [-0.39, 0.29) is 12.5 Å². The van der Waals surface area contributed by atoms with E-state index in [1.807, 2.05) is 45.4 Å². The smallest absolute Gasteiger partial charge is 0.407 e. The Hall–Kier alpha value is -1.56. The number of amides is 1. The number of nitrogens with one attached hydrogen (secondary N) is 1. The lowest BCUT2D eigenvalue weighted by Gasteiger charge is -2.21. The number of aromatic nitrogens is 2. The first-order valence-electron chi connectivity index (χ1n) is 7.36. The summed E-state index contributed by atoms with van der Waals surface area (Å²) in [6.07, 6.45) is 0.210. The van der Waals surface area contributed by atoms with Crippen LogP contribution in [0, 0.1) is 12.8 Å². The van der Waals surface area contributed by atoms with Crippen LogP contribution in [-0.2, 0) is 17.7 Å². The lowest BCUT2D eigenvalue weighted by molar-refractivity contribution is 0.0512. The SMILES string of the molecule is CCn1nc(C)cc1CC(CO)CNC(=O)OC(C)(C)C. The van der Waals surface area contributed by atoms with Crippen LogP contribution in [0.15, 0.2) is 6.07 Å². The second-order valence-electron chi connectivity index (χ2n) is 6.23. The minimum Gasteiger partial charge on any atom is -0.444 e. The number of aryl methyl sites for hydroxylation is 2. The third kappa shape index (κ3) is 6.16. The highest BCUT2D eigenvalue weighted by Crippen LogP contribution is 2.11. The molecule has 21 heavy (non-hydrogen) atoms. The Morgan fingerprint density at radius 3 is 2.71 bits per heavy atom. The summed E-state index contributed by atoms with van der Waals surface area (Å²) in [5.74, 6) is -0.0566. The maximum Gasteiger partial charge on any atom is 0.407 e. The molecule has 1 amide bonds. The topological polar surface area (TPSA) is 76.4 Å². The van der Waals surface area contributed by atoms with Crippen molar-refractivity contribution in [3.8, 4) is 0 Å². The van der Waals surface area contributed by atoms with Gasteiger partial charge >= 0.3 is 6.09 Å². The van der Waals surface area contributed by atoms with Crippen LogP contribution in [0.2, 0.25) is 0 Å². The molecule has 6 nitrogen and oxygen atoms in total. The Balaban J connectivity index is 2.54. The van der Waals surface area contributed by atoms with E-state index in [4.69, 9.17) is 4.74 Å². The summed E-state index contributed by atoms with van der Waals surface area (Å²) in [6, 6.07) is 2.01. The standard InChI is InChI=1S/C15H27N3O3/c1-6-18-13(7-11(2)17-18)8-12(10-19)9-16-14(20)21-15(3,4)5/h7,12,19H,6,8-10H2,1-5H3,(H,16,20). The summed E-state index contributed by atoms with van der Waals surface area (Å²) < 4.78 is 7.10. The zero-order chi connectivity index (χ0) is 16.0. The fourth-order valence-electron chi connectivity index (χ4n) is 2.08. The quantitative estimate of drug-likeness (QED) is 0.840. The molecule has 1 heterocycles. The van der Waals surface area contributed by atoms with E-state index in [0.717, 1.165) is 17.9 Å². The predicted molar refractivity (Wildman–Crippen MR) is 81.2 cm³/mol. The number of hydrogen-bond donors (Lipinski definition) is 2. The Morgan fingerprint density at radius 2 is 2.19 bits per heavy atom. The summed E-state index contributed by atoms with van der Waals surface area (Å²) in [5.41, 5.74) is 1.51. The minimum atomic E-state index is -0.517. The Kier molecular flexibility index (Phi) is 6.20. The number of aliphatic hydroxyl groups excluding tert-OH is 1. The molecule has 0 fully saturated rings. The molecule has 0 aromatic carbocycles. The van der Waals surface area contributed by atoms with Crippen molar-refractivity contribution in [1.82, 2.24) is 15.1 Å². The van der Waals surface area contributed by atoms with E-state index in [9.17, 15) is 9.90 Å². The van der Waals surface area contributed by atoms with E-state index >= 15 is 0 Å². The van der Waals surface area contributed by atoms with Gasteiger partial charge in [-0.1, -0.05) is 0 Å². The van der Waals surface area contributed by atoms with E-state index in [1.54, 1.807) is 0 Å². The van der Waals surface area contributed by atoms with Crippen LogP contribution in [0.25, 0.3) is 0 Å². The van der Waals surface area contributed by atoms with Gasteiger partial charge in [-0.05, 0) is 47.1 Å². The summed E-state index contributed by atoms with van der Waals surface area (Å²) in [5, 5.41) is 16.6. The van der Waals surface area contributed by atoms with Gasteiger partial charge in [-0.2, -0.15) is 5.10 Å². The molecule has 0 spiro atoms. The number of ether oxygens (including phenoxy) is 1. The lowest BCUT2D eigenvalue weighted by Crippen LogP contribution is -2.36. The fourth-order valence-corrected chi connectivity index (χ4v) is 2.08. The van der Waals surface area contributed by atoms with Crippen molar-refractivity contribution in [2.75, 3.05) is 13.2 Å². The molecule has 0 saturated heterocycles. The van der Waals surface area contributed by atoms with Gasteiger partial charge in [0.25, 0.3) is 0 Å². The fraction of sp³-hybridized carbons (Fsp3) is 0.733. The summed E-state index contributed by atoms with van der Waals surface area (Å²) in [7, 11) is 0. The van der Waals surface area contributed by atoms with E-state index in [0.29, 0.717) is 13.0 Å². The molecule has 6 heteroatoms. The molecule has 0 aliphatic carbocycles. The van der Waals surface area contributed by atoms with Crippen molar-refractivity contribution in [2.45, 2.75) is 53.2 Å². The van der Waals surface area contributed by atoms with Gasteiger partial charge in [-0.3, -0.25) is 4.68 Å². The maximum absolute atomic E-state index is 11.6. The largest absolute Gasteiger partial charge is 0.444 e. The average Bonchev–Trinajstić information content (AvgIpc) is 2.72. The molecule has 2 N–H and O–H groups in total. The minimum absolute atomic E-state index is 0.00371. The molecule has 0 bridgehead atoms. The average molecular weight is 297 g/mol. The number of aliphatic hydroxyl groups is 1. The number of rotatable bonds is 6. The van der Waals surface area contributed by atoms with Crippen LogP contribution in [0.4, 0.5) is 4.79 Å². The normalized spacial score (nSPS) is 13.0. The molecule has 1 unspecified atom stereocenters. The van der Waals surface area contributed by atoms with Crippen LogP contribution in [0.3, 0.4) is 0 Å². The van der Waals surface area contributed by atoms with Gasteiger partial charge in [0.15, 0.2) is 0 Å². The highest BCUT2D eigenvalue weighted by Gasteiger charge is 2.18. The lowest BCUT2D eigenvalue weighted by atomic mass is 10.0. The van der Waals surface area contributed by atoms with Gasteiger partial charge < -0.3 is 15.2 Å². The Labute approximate surface area is 126 Å². The number of nitrogens with zero attached hydrogens (tertiary/aromatic N) is 2. The van der Waals surface area contributed by atoms with Gasteiger partial charge in [-0.25, -0.2) is 4.79 Å². The number of carbonyl (C=O) groups is 1. The van der Waals surface area contributed by atoms with Gasteiger partial charge in [0.2, 0.25) is 0 Å². The van der Waals surface area contributed by atoms with Crippen LogP contribution in [0.1, 0.15) is 39.1 Å². The first-order chi connectivity index (χ1) is 9.75. The Morgan fingerprint density at radius 1 is 1.52 bits per heavy atom. The first-order valence-corrected chi connectivity index (χ1v) is 7.36. The van der Waals surface area contributed by atoms with Crippen LogP contribution in [0.5, 0.6) is 0 Å². The number of carbonyl (C=O) groups excluding carboxylic acids is 1. The highest BCUT2D eigenvalue weighted by atomic mass is 16.6. The number of alkyl carbamates (subject to hydrolysis) is 1. The molecule has 0 aliphatic rings. The molecule has 1 rings (SSSR count). The third-order valence-corrected chi connectivity index (χ3v) is 2.97. The summed E-state index contributed by atoms with van der Waals surface area (Å²) >= 11 is 0. The third-order valence-electron chi connectivity index (χ3n) is 2.97. The van der Waals surface area contributed by atoms with E-state index in [2.05, 4.69) is 10.4 Å². The van der Waals surface area contributed by atoms with E-state index < -0.39 is 11.7 Å². The van der Waals surface area contributed by atoms with Gasteiger partial charge in [0.05, 0.1) is 5.69 Å². The highest BCUT2D eigenvalue weighted by molar-refractivity contribution is 5.67. The van der Waals surface area contributed by atoms with Crippen molar-refractivity contribution < 1.29 is 14.6 Å². The first kappa shape index (κ1) is 17.5. The van der Waals surface area contributed by atoms with E-state index in [1.165, 1.54) is 0 Å². The van der Waals surface area contributed by atoms with Gasteiger partial charge in [0.1, 0.15) is 5.60 Å². The van der Waals surface area contributed by atoms with Crippen molar-refractivity contribution >= 4 is 6.09 Å². The molecular weight excluding hydrogens is 270 g/mol. The molecule has 0 radical (unpaired) electrons. The van der Waals surface area contributed by atoms with Crippen molar-refractivity contribution in [3.63, 3.8) is 0 Å². The van der Waals surface area contributed by atoms with Crippen LogP contribution < -0.4 is 5.32 Å². The molecular formula is C15H27N3O3. The Bertz CT molecular complexity index is 463. The molecule has 1 aromatic rings.